The van der Waals surface area contributed by atoms with Gasteiger partial charge in [0.15, 0.2) is 0 Å². The van der Waals surface area contributed by atoms with E-state index < -0.39 is 5.97 Å². The Kier molecular flexibility index (Phi) is 5.90. The summed E-state index contributed by atoms with van der Waals surface area (Å²) in [5.41, 5.74) is 1.24. The van der Waals surface area contributed by atoms with Crippen LogP contribution in [0.5, 0.6) is 0 Å². The fraction of sp³-hybridized carbons (Fsp3) is 0.300. The molecule has 3 heterocycles. The van der Waals surface area contributed by atoms with Gasteiger partial charge in [0.25, 0.3) is 0 Å². The lowest BCUT2D eigenvalue weighted by Crippen LogP contribution is -2.37. The van der Waals surface area contributed by atoms with Gasteiger partial charge in [0.2, 0.25) is 5.91 Å². The molecule has 10 heteroatoms. The molecule has 1 aromatic carbocycles. The number of amides is 1. The lowest BCUT2D eigenvalue weighted by molar-refractivity contribution is -0.138. The van der Waals surface area contributed by atoms with Crippen molar-refractivity contribution in [1.82, 2.24) is 14.5 Å². The molecule has 3 aromatic rings. The van der Waals surface area contributed by atoms with Gasteiger partial charge in [-0.25, -0.2) is 9.97 Å². The minimum Gasteiger partial charge on any atom is -0.481 e. The predicted molar refractivity (Wildman–Crippen MR) is 112 cm³/mol. The highest BCUT2D eigenvalue weighted by Crippen LogP contribution is 2.36. The number of rotatable bonds is 7. The van der Waals surface area contributed by atoms with E-state index in [1.165, 1.54) is 0 Å². The fourth-order valence-corrected chi connectivity index (χ4v) is 3.90. The second-order valence-electron chi connectivity index (χ2n) is 6.90. The summed E-state index contributed by atoms with van der Waals surface area (Å²) >= 11 is 12.6. The molecule has 0 radical (unpaired) electrons. The molecule has 156 valence electrons. The Bertz CT molecular complexity index is 1100. The zero-order valence-electron chi connectivity index (χ0n) is 15.8. The maximum Gasteiger partial charge on any atom is 0.305 e. The van der Waals surface area contributed by atoms with Crippen LogP contribution in [0.15, 0.2) is 36.9 Å². The van der Waals surface area contributed by atoms with E-state index in [0.717, 1.165) is 11.1 Å². The van der Waals surface area contributed by atoms with Crippen molar-refractivity contribution in [2.45, 2.75) is 25.3 Å². The van der Waals surface area contributed by atoms with Gasteiger partial charge in [-0.05, 0) is 18.6 Å². The van der Waals surface area contributed by atoms with Crippen LogP contribution in [0.25, 0.3) is 16.6 Å². The standard InChI is InChI=1S/C20H18Cl2N4O4/c21-14-3-2-13-15(25-7-6-23-11-25)9-16(24-20(13)19(14)22)26-12(1-4-17(26)27)10-30-8-5-18(28)29/h2-3,6-7,9,11-12H,1,4-5,8,10H2,(H,28,29)/t12-/m0/s1. The van der Waals surface area contributed by atoms with Crippen LogP contribution in [0, 0.1) is 0 Å². The van der Waals surface area contributed by atoms with E-state index in [1.54, 1.807) is 29.7 Å². The van der Waals surface area contributed by atoms with Crippen LogP contribution in [0.2, 0.25) is 10.0 Å². The first-order valence-corrected chi connectivity index (χ1v) is 10.1. The van der Waals surface area contributed by atoms with E-state index >= 15 is 0 Å². The van der Waals surface area contributed by atoms with Gasteiger partial charge < -0.3 is 14.4 Å². The van der Waals surface area contributed by atoms with Crippen molar-refractivity contribution in [3.05, 3.63) is 47.0 Å². The third-order valence-electron chi connectivity index (χ3n) is 4.96. The molecule has 8 nitrogen and oxygen atoms in total. The molecule has 0 unspecified atom stereocenters. The van der Waals surface area contributed by atoms with Gasteiger partial charge in [0.05, 0.1) is 53.3 Å². The van der Waals surface area contributed by atoms with Crippen LogP contribution in [0.3, 0.4) is 0 Å². The Morgan fingerprint density at radius 3 is 2.90 bits per heavy atom. The molecule has 0 spiro atoms. The zero-order chi connectivity index (χ0) is 21.3. The first-order valence-electron chi connectivity index (χ1n) is 9.34. The number of carbonyl (C=O) groups excluding carboxylic acids is 1. The number of halogens is 2. The number of aliphatic carboxylic acids is 1. The number of pyridine rings is 1. The number of hydrogen-bond acceptors (Lipinski definition) is 5. The van der Waals surface area contributed by atoms with Crippen molar-refractivity contribution in [3.63, 3.8) is 0 Å². The molecule has 4 rings (SSSR count). The van der Waals surface area contributed by atoms with Crippen molar-refractivity contribution in [2.24, 2.45) is 0 Å². The third-order valence-corrected chi connectivity index (χ3v) is 5.76. The SMILES string of the molecule is O=C(O)CCOC[C@@H]1CCC(=O)N1c1cc(-n2ccnc2)c2ccc(Cl)c(Cl)c2n1. The number of nitrogens with zero attached hydrogens (tertiary/aromatic N) is 4. The van der Waals surface area contributed by atoms with E-state index in [4.69, 9.17) is 33.0 Å². The number of benzene rings is 1. The van der Waals surface area contributed by atoms with Crippen LogP contribution in [0.1, 0.15) is 19.3 Å². The van der Waals surface area contributed by atoms with Crippen LogP contribution < -0.4 is 4.90 Å². The monoisotopic (exact) mass is 448 g/mol. The van der Waals surface area contributed by atoms with Crippen LogP contribution in [0.4, 0.5) is 5.82 Å². The number of carboxylic acids is 1. The summed E-state index contributed by atoms with van der Waals surface area (Å²) in [6.45, 7) is 0.309. The average Bonchev–Trinajstić information content (AvgIpc) is 3.37. The number of ether oxygens (including phenoxy) is 1. The lowest BCUT2D eigenvalue weighted by atomic mass is 10.1. The predicted octanol–water partition coefficient (Wildman–Crippen LogP) is 3.71. The summed E-state index contributed by atoms with van der Waals surface area (Å²) in [7, 11) is 0. The van der Waals surface area contributed by atoms with Gasteiger partial charge in [-0.2, -0.15) is 0 Å². The Morgan fingerprint density at radius 2 is 2.17 bits per heavy atom. The molecule has 2 aromatic heterocycles. The summed E-state index contributed by atoms with van der Waals surface area (Å²) in [5, 5.41) is 10.2. The summed E-state index contributed by atoms with van der Waals surface area (Å²) in [5.74, 6) is -0.574. The Labute approximate surface area is 182 Å². The molecule has 30 heavy (non-hydrogen) atoms. The maximum absolute atomic E-state index is 12.7. The van der Waals surface area contributed by atoms with Crippen molar-refractivity contribution in [3.8, 4) is 5.69 Å². The van der Waals surface area contributed by atoms with Crippen molar-refractivity contribution in [1.29, 1.82) is 0 Å². The number of fused-ring (bicyclic) bond motifs is 1. The number of carbonyl (C=O) groups is 2. The number of carboxylic acid groups (broad SMARTS) is 1. The van der Waals surface area contributed by atoms with Gasteiger partial charge in [-0.15, -0.1) is 0 Å². The molecule has 1 N–H and O–H groups in total. The number of hydrogen-bond donors (Lipinski definition) is 1. The van der Waals surface area contributed by atoms with Crippen molar-refractivity contribution in [2.75, 3.05) is 18.1 Å². The quantitative estimate of drug-likeness (QED) is 0.553. The van der Waals surface area contributed by atoms with E-state index in [2.05, 4.69) is 9.97 Å². The second-order valence-corrected chi connectivity index (χ2v) is 7.69. The summed E-state index contributed by atoms with van der Waals surface area (Å²) in [6.07, 6.45) is 5.96. The first-order chi connectivity index (χ1) is 14.5. The molecular formula is C20H18Cl2N4O4. The smallest absolute Gasteiger partial charge is 0.305 e. The molecule has 1 saturated heterocycles. The van der Waals surface area contributed by atoms with Gasteiger partial charge in [-0.3, -0.25) is 14.5 Å². The molecule has 1 atom stereocenters. The molecule has 0 aliphatic carbocycles. The largest absolute Gasteiger partial charge is 0.481 e. The van der Waals surface area contributed by atoms with Crippen LogP contribution in [-0.2, 0) is 14.3 Å². The van der Waals surface area contributed by atoms with Gasteiger partial charge >= 0.3 is 5.97 Å². The number of imidazole rings is 1. The summed E-state index contributed by atoms with van der Waals surface area (Å²) in [4.78, 5) is 33.7. The Hall–Kier alpha value is -2.68. The highest BCUT2D eigenvalue weighted by Gasteiger charge is 2.34. The molecule has 1 aliphatic rings. The van der Waals surface area contributed by atoms with Gasteiger partial charge in [0, 0.05) is 30.3 Å². The molecular weight excluding hydrogens is 431 g/mol. The number of aromatic nitrogens is 3. The zero-order valence-corrected chi connectivity index (χ0v) is 17.3. The summed E-state index contributed by atoms with van der Waals surface area (Å²) in [6, 6.07) is 5.09. The van der Waals surface area contributed by atoms with Gasteiger partial charge in [0.1, 0.15) is 5.82 Å². The van der Waals surface area contributed by atoms with E-state index in [1.807, 2.05) is 16.7 Å². The summed E-state index contributed by atoms with van der Waals surface area (Å²) < 4.78 is 7.31. The van der Waals surface area contributed by atoms with Crippen molar-refractivity contribution >= 4 is 51.8 Å². The molecule has 0 bridgehead atoms. The topological polar surface area (TPSA) is 97.6 Å². The minimum atomic E-state index is -0.929. The van der Waals surface area contributed by atoms with E-state index in [-0.39, 0.29) is 31.6 Å². The second kappa shape index (κ2) is 8.59. The van der Waals surface area contributed by atoms with Gasteiger partial charge in [-0.1, -0.05) is 23.2 Å². The molecule has 1 amide bonds. The lowest BCUT2D eigenvalue weighted by Gasteiger charge is -2.25. The molecule has 1 aliphatic heterocycles. The number of anilines is 1. The minimum absolute atomic E-state index is 0.0802. The van der Waals surface area contributed by atoms with Crippen LogP contribution >= 0.6 is 23.2 Å². The Morgan fingerprint density at radius 1 is 1.33 bits per heavy atom. The molecule has 0 saturated carbocycles. The fourth-order valence-electron chi connectivity index (χ4n) is 3.54. The first kappa shape index (κ1) is 20.6. The van der Waals surface area contributed by atoms with E-state index in [9.17, 15) is 9.59 Å². The van der Waals surface area contributed by atoms with Crippen molar-refractivity contribution < 1.29 is 19.4 Å². The highest BCUT2D eigenvalue weighted by atomic mass is 35.5. The van der Waals surface area contributed by atoms with Crippen LogP contribution in [-0.4, -0.2) is 50.8 Å². The Balaban J connectivity index is 1.74. The third kappa shape index (κ3) is 3.98. The van der Waals surface area contributed by atoms with E-state index in [0.29, 0.717) is 34.2 Å². The molecule has 1 fully saturated rings. The maximum atomic E-state index is 12.7. The highest BCUT2D eigenvalue weighted by molar-refractivity contribution is 6.45. The average molecular weight is 449 g/mol. The normalized spacial score (nSPS) is 16.5.